The van der Waals surface area contributed by atoms with E-state index in [0.29, 0.717) is 6.54 Å². The van der Waals surface area contributed by atoms with E-state index >= 15 is 0 Å². The van der Waals surface area contributed by atoms with E-state index in [1.54, 1.807) is 23.5 Å². The number of carbonyl (C=O) groups excluding carboxylic acids is 1. The van der Waals surface area contributed by atoms with Crippen molar-refractivity contribution in [2.45, 2.75) is 28.9 Å². The average molecular weight is 332 g/mol. The van der Waals surface area contributed by atoms with Gasteiger partial charge in [-0.3, -0.25) is 4.79 Å². The van der Waals surface area contributed by atoms with Gasteiger partial charge in [-0.25, -0.2) is 0 Å². The van der Waals surface area contributed by atoms with Crippen LogP contribution in [0.4, 0.5) is 0 Å². The van der Waals surface area contributed by atoms with Crippen LogP contribution >= 0.6 is 23.5 Å². The van der Waals surface area contributed by atoms with Crippen LogP contribution < -0.4 is 5.32 Å². The molecule has 116 valence electrons. The van der Waals surface area contributed by atoms with Crippen molar-refractivity contribution >= 4 is 29.4 Å². The van der Waals surface area contributed by atoms with Gasteiger partial charge >= 0.3 is 0 Å². The normalized spacial score (nSPS) is 11.9. The topological polar surface area (TPSA) is 29.1 Å². The number of thioether (sulfide) groups is 2. The van der Waals surface area contributed by atoms with Gasteiger partial charge in [-0.2, -0.15) is 0 Å². The second-order valence-corrected chi connectivity index (χ2v) is 7.61. The van der Waals surface area contributed by atoms with Gasteiger partial charge in [0.2, 0.25) is 5.91 Å². The monoisotopic (exact) mass is 331 g/mol. The molecule has 0 aliphatic heterocycles. The zero-order valence-corrected chi connectivity index (χ0v) is 14.5. The van der Waals surface area contributed by atoms with Crippen molar-refractivity contribution in [3.05, 3.63) is 60.2 Å². The molecule has 22 heavy (non-hydrogen) atoms. The van der Waals surface area contributed by atoms with E-state index in [4.69, 9.17) is 0 Å². The first kappa shape index (κ1) is 17.0. The van der Waals surface area contributed by atoms with E-state index in [0.717, 1.165) is 10.6 Å². The van der Waals surface area contributed by atoms with Gasteiger partial charge in [0.15, 0.2) is 0 Å². The summed E-state index contributed by atoms with van der Waals surface area (Å²) in [4.78, 5) is 14.5. The summed E-state index contributed by atoms with van der Waals surface area (Å²) in [6.07, 6.45) is 0. The van der Waals surface area contributed by atoms with Crippen LogP contribution in [0.5, 0.6) is 0 Å². The summed E-state index contributed by atoms with van der Waals surface area (Å²) in [5.41, 5.74) is 1.24. The van der Waals surface area contributed by atoms with Gasteiger partial charge in [0, 0.05) is 22.1 Å². The van der Waals surface area contributed by atoms with E-state index in [2.05, 4.69) is 48.6 Å². The summed E-state index contributed by atoms with van der Waals surface area (Å²) in [5.74, 6) is 0.983. The van der Waals surface area contributed by atoms with Crippen LogP contribution in [0.2, 0.25) is 0 Å². The van der Waals surface area contributed by atoms with Crippen LogP contribution in [0.15, 0.2) is 64.4 Å². The van der Waals surface area contributed by atoms with E-state index in [9.17, 15) is 4.79 Å². The van der Waals surface area contributed by atoms with Crippen molar-refractivity contribution in [1.82, 2.24) is 5.32 Å². The molecule has 2 aromatic rings. The fourth-order valence-corrected chi connectivity index (χ4v) is 3.56. The SMILES string of the molecule is Cc1ccc(S[C@@H](C)C(=O)NCCSc2ccccc2)cc1. The number of carbonyl (C=O) groups is 1. The molecule has 1 atom stereocenters. The number of amides is 1. The Morgan fingerprint density at radius 3 is 2.41 bits per heavy atom. The second kappa shape index (κ2) is 8.91. The number of rotatable bonds is 7. The molecule has 2 aromatic carbocycles. The Kier molecular flexibility index (Phi) is 6.87. The van der Waals surface area contributed by atoms with Crippen molar-refractivity contribution in [3.8, 4) is 0 Å². The molecule has 0 bridgehead atoms. The quantitative estimate of drug-likeness (QED) is 0.603. The molecule has 0 heterocycles. The van der Waals surface area contributed by atoms with Gasteiger partial charge in [0.25, 0.3) is 0 Å². The molecule has 1 amide bonds. The molecule has 0 fully saturated rings. The zero-order valence-electron chi connectivity index (χ0n) is 12.9. The Labute approximate surface area is 141 Å². The molecular weight excluding hydrogens is 310 g/mol. The summed E-state index contributed by atoms with van der Waals surface area (Å²) in [7, 11) is 0. The molecule has 0 aliphatic carbocycles. The van der Waals surface area contributed by atoms with Crippen LogP contribution in [-0.2, 0) is 4.79 Å². The Balaban J connectivity index is 1.69. The van der Waals surface area contributed by atoms with Crippen molar-refractivity contribution in [2.24, 2.45) is 0 Å². The van der Waals surface area contributed by atoms with Crippen molar-refractivity contribution in [3.63, 3.8) is 0 Å². The lowest BCUT2D eigenvalue weighted by atomic mass is 10.2. The molecule has 0 spiro atoms. The van der Waals surface area contributed by atoms with Crippen LogP contribution in [0.1, 0.15) is 12.5 Å². The Bertz CT molecular complexity index is 584. The number of benzene rings is 2. The molecule has 2 nitrogen and oxygen atoms in total. The van der Waals surface area contributed by atoms with Crippen LogP contribution in [0.3, 0.4) is 0 Å². The van der Waals surface area contributed by atoms with Gasteiger partial charge in [-0.15, -0.1) is 23.5 Å². The van der Waals surface area contributed by atoms with Gasteiger partial charge in [0.1, 0.15) is 0 Å². The standard InChI is InChI=1S/C18H21NOS2/c1-14-8-10-17(11-9-14)22-15(2)18(20)19-12-13-21-16-6-4-3-5-7-16/h3-11,15H,12-13H2,1-2H3,(H,19,20)/t15-/m0/s1. The van der Waals surface area contributed by atoms with Crippen molar-refractivity contribution in [2.75, 3.05) is 12.3 Å². The molecule has 0 unspecified atom stereocenters. The molecule has 0 aromatic heterocycles. The minimum atomic E-state index is -0.0792. The van der Waals surface area contributed by atoms with E-state index in [1.807, 2.05) is 25.1 Å². The van der Waals surface area contributed by atoms with Crippen molar-refractivity contribution in [1.29, 1.82) is 0 Å². The molecule has 0 saturated heterocycles. The largest absolute Gasteiger partial charge is 0.354 e. The minimum Gasteiger partial charge on any atom is -0.354 e. The minimum absolute atomic E-state index is 0.0792. The predicted molar refractivity (Wildman–Crippen MR) is 96.7 cm³/mol. The number of hydrogen-bond donors (Lipinski definition) is 1. The lowest BCUT2D eigenvalue weighted by Gasteiger charge is -2.12. The van der Waals surface area contributed by atoms with E-state index in [-0.39, 0.29) is 11.2 Å². The van der Waals surface area contributed by atoms with Crippen molar-refractivity contribution < 1.29 is 4.79 Å². The maximum absolute atomic E-state index is 12.1. The molecule has 4 heteroatoms. The number of aryl methyl sites for hydroxylation is 1. The number of hydrogen-bond acceptors (Lipinski definition) is 3. The highest BCUT2D eigenvalue weighted by Crippen LogP contribution is 2.23. The first-order chi connectivity index (χ1) is 10.6. The molecule has 1 N–H and O–H groups in total. The lowest BCUT2D eigenvalue weighted by molar-refractivity contribution is -0.120. The Morgan fingerprint density at radius 1 is 1.05 bits per heavy atom. The molecular formula is C18H21NOS2. The highest BCUT2D eigenvalue weighted by atomic mass is 32.2. The van der Waals surface area contributed by atoms with Gasteiger partial charge in [-0.05, 0) is 38.1 Å². The maximum atomic E-state index is 12.1. The third-order valence-electron chi connectivity index (χ3n) is 3.12. The Hall–Kier alpha value is -1.39. The third kappa shape index (κ3) is 5.78. The predicted octanol–water partition coefficient (Wildman–Crippen LogP) is 4.38. The first-order valence-electron chi connectivity index (χ1n) is 7.34. The van der Waals surface area contributed by atoms with Crippen LogP contribution in [0.25, 0.3) is 0 Å². The fraction of sp³-hybridized carbons (Fsp3) is 0.278. The smallest absolute Gasteiger partial charge is 0.233 e. The second-order valence-electron chi connectivity index (χ2n) is 5.03. The number of nitrogens with one attached hydrogen (secondary N) is 1. The molecule has 0 aliphatic rings. The zero-order chi connectivity index (χ0) is 15.8. The summed E-state index contributed by atoms with van der Waals surface area (Å²) in [6.45, 7) is 4.70. The highest BCUT2D eigenvalue weighted by molar-refractivity contribution is 8.00. The van der Waals surface area contributed by atoms with Gasteiger partial charge in [-0.1, -0.05) is 35.9 Å². The maximum Gasteiger partial charge on any atom is 0.233 e. The summed E-state index contributed by atoms with van der Waals surface area (Å²) in [5, 5.41) is 2.92. The van der Waals surface area contributed by atoms with Gasteiger partial charge in [0.05, 0.1) is 5.25 Å². The molecule has 0 radical (unpaired) electrons. The Morgan fingerprint density at radius 2 is 1.73 bits per heavy atom. The van der Waals surface area contributed by atoms with E-state index in [1.165, 1.54) is 10.5 Å². The van der Waals surface area contributed by atoms with Gasteiger partial charge < -0.3 is 5.32 Å². The lowest BCUT2D eigenvalue weighted by Crippen LogP contribution is -2.32. The molecule has 0 saturated carbocycles. The van der Waals surface area contributed by atoms with Crippen LogP contribution in [-0.4, -0.2) is 23.5 Å². The summed E-state index contributed by atoms with van der Waals surface area (Å²) >= 11 is 3.35. The third-order valence-corrected chi connectivity index (χ3v) is 5.24. The molecule has 2 rings (SSSR count). The average Bonchev–Trinajstić information content (AvgIpc) is 2.54. The fourth-order valence-electron chi connectivity index (χ4n) is 1.88. The summed E-state index contributed by atoms with van der Waals surface area (Å²) in [6, 6.07) is 18.5. The highest BCUT2D eigenvalue weighted by Gasteiger charge is 2.13. The van der Waals surface area contributed by atoms with Crippen LogP contribution in [0, 0.1) is 6.92 Å². The summed E-state index contributed by atoms with van der Waals surface area (Å²) < 4.78 is 0. The first-order valence-corrected chi connectivity index (χ1v) is 9.20. The van der Waals surface area contributed by atoms with E-state index < -0.39 is 0 Å².